The normalized spacial score (nSPS) is 11.4. The van der Waals surface area contributed by atoms with E-state index in [1.165, 1.54) is 0 Å². The number of nitrogen functional groups attached to an aromatic ring is 1. The third-order valence-corrected chi connectivity index (χ3v) is 3.39. The van der Waals surface area contributed by atoms with Crippen molar-refractivity contribution < 1.29 is 0 Å². The number of hydrogen-bond donors (Lipinski definition) is 1. The largest absolute Gasteiger partial charge is 0.366 e. The first-order chi connectivity index (χ1) is 9.72. The van der Waals surface area contributed by atoms with Crippen LogP contribution >= 0.6 is 0 Å². The number of aromatic nitrogens is 5. The van der Waals surface area contributed by atoms with Crippen molar-refractivity contribution in [1.29, 1.82) is 0 Å². The van der Waals surface area contributed by atoms with Crippen LogP contribution in [0.15, 0.2) is 36.7 Å². The highest BCUT2D eigenvalue weighted by atomic mass is 15.3. The molecule has 6 heteroatoms. The predicted octanol–water partition coefficient (Wildman–Crippen LogP) is 1.67. The molecule has 0 aliphatic heterocycles. The summed E-state index contributed by atoms with van der Waals surface area (Å²) in [6.45, 7) is 0. The van der Waals surface area contributed by atoms with Crippen LogP contribution in [0.4, 0.5) is 5.95 Å². The minimum absolute atomic E-state index is 0.272. The zero-order valence-electron chi connectivity index (χ0n) is 10.8. The number of nitrogens with two attached hydrogens (primary N) is 1. The van der Waals surface area contributed by atoms with Gasteiger partial charge < -0.3 is 5.73 Å². The van der Waals surface area contributed by atoms with Gasteiger partial charge in [0.25, 0.3) is 0 Å². The van der Waals surface area contributed by atoms with Crippen molar-refractivity contribution >= 4 is 22.5 Å². The number of benzene rings is 1. The van der Waals surface area contributed by atoms with Gasteiger partial charge in [-0.25, -0.2) is 4.52 Å². The van der Waals surface area contributed by atoms with Gasteiger partial charge in [-0.2, -0.15) is 10.1 Å². The molecule has 97 valence electrons. The van der Waals surface area contributed by atoms with Crippen molar-refractivity contribution in [3.05, 3.63) is 42.7 Å². The van der Waals surface area contributed by atoms with Gasteiger partial charge in [0.05, 0.1) is 11.7 Å². The Morgan fingerprint density at radius 2 is 2.20 bits per heavy atom. The third-order valence-electron chi connectivity index (χ3n) is 3.39. The number of nitrogens with zero attached hydrogens (tertiary/aromatic N) is 5. The van der Waals surface area contributed by atoms with Crippen molar-refractivity contribution in [2.24, 2.45) is 7.05 Å². The van der Waals surface area contributed by atoms with Crippen LogP contribution in [-0.4, -0.2) is 24.4 Å². The lowest BCUT2D eigenvalue weighted by Gasteiger charge is -2.03. The molecule has 1 radical (unpaired) electrons. The molecule has 1 aromatic carbocycles. The van der Waals surface area contributed by atoms with Crippen LogP contribution in [0.2, 0.25) is 0 Å². The molecule has 0 aliphatic rings. The van der Waals surface area contributed by atoms with Gasteiger partial charge in [0.2, 0.25) is 5.95 Å². The summed E-state index contributed by atoms with van der Waals surface area (Å²) in [7, 11) is 1.92. The van der Waals surface area contributed by atoms with E-state index in [1.807, 2.05) is 48.4 Å². The first kappa shape index (κ1) is 11.0. The highest BCUT2D eigenvalue weighted by Crippen LogP contribution is 2.28. The van der Waals surface area contributed by atoms with Gasteiger partial charge >= 0.3 is 0 Å². The van der Waals surface area contributed by atoms with Crippen LogP contribution in [0.5, 0.6) is 0 Å². The molecule has 0 saturated carbocycles. The molecule has 2 N–H and O–H groups in total. The Morgan fingerprint density at radius 1 is 1.30 bits per heavy atom. The minimum atomic E-state index is 0.272. The average molecular weight is 263 g/mol. The molecule has 0 spiro atoms. The maximum Gasteiger partial charge on any atom is 0.240 e. The SMILES string of the molecule is Cn1ncc2c(-c3ccn4nc(N)nc4c3)c[c]cc21. The number of anilines is 1. The topological polar surface area (TPSA) is 74.0 Å². The van der Waals surface area contributed by atoms with Crippen molar-refractivity contribution in [2.75, 3.05) is 5.73 Å². The van der Waals surface area contributed by atoms with Crippen LogP contribution in [0, 0.1) is 6.07 Å². The molecule has 6 nitrogen and oxygen atoms in total. The molecule has 3 aromatic heterocycles. The maximum absolute atomic E-state index is 5.61. The summed E-state index contributed by atoms with van der Waals surface area (Å²) in [6.07, 6.45) is 3.71. The molecule has 20 heavy (non-hydrogen) atoms. The third kappa shape index (κ3) is 1.48. The summed E-state index contributed by atoms with van der Waals surface area (Å²) in [5, 5.41) is 9.45. The molecular formula is C14H11N6. The minimum Gasteiger partial charge on any atom is -0.366 e. The first-order valence-electron chi connectivity index (χ1n) is 6.16. The molecule has 0 saturated heterocycles. The van der Waals surface area contributed by atoms with Gasteiger partial charge in [0, 0.05) is 18.6 Å². The second-order valence-electron chi connectivity index (χ2n) is 4.62. The Labute approximate surface area is 114 Å². The van der Waals surface area contributed by atoms with E-state index in [1.54, 1.807) is 4.52 Å². The van der Waals surface area contributed by atoms with E-state index < -0.39 is 0 Å². The van der Waals surface area contributed by atoms with Gasteiger partial charge in [-0.15, -0.1) is 5.10 Å². The van der Waals surface area contributed by atoms with Crippen LogP contribution < -0.4 is 5.73 Å². The Kier molecular flexibility index (Phi) is 2.09. The molecule has 0 fully saturated rings. The summed E-state index contributed by atoms with van der Waals surface area (Å²) >= 11 is 0. The molecule has 0 aliphatic carbocycles. The van der Waals surface area contributed by atoms with Crippen LogP contribution in [-0.2, 0) is 7.05 Å². The van der Waals surface area contributed by atoms with Gasteiger partial charge in [-0.3, -0.25) is 4.68 Å². The second kappa shape index (κ2) is 3.80. The van der Waals surface area contributed by atoms with Crippen molar-refractivity contribution in [3.63, 3.8) is 0 Å². The van der Waals surface area contributed by atoms with Crippen LogP contribution in [0.1, 0.15) is 0 Å². The Balaban J connectivity index is 2.00. The zero-order valence-corrected chi connectivity index (χ0v) is 10.8. The lowest BCUT2D eigenvalue weighted by molar-refractivity contribution is 0.797. The fourth-order valence-corrected chi connectivity index (χ4v) is 2.41. The predicted molar refractivity (Wildman–Crippen MR) is 75.9 cm³/mol. The molecule has 3 heterocycles. The molecular weight excluding hydrogens is 252 g/mol. The lowest BCUT2D eigenvalue weighted by Crippen LogP contribution is -1.90. The maximum atomic E-state index is 5.61. The van der Waals surface area contributed by atoms with Crippen LogP contribution in [0.25, 0.3) is 27.7 Å². The number of hydrogen-bond acceptors (Lipinski definition) is 4. The second-order valence-corrected chi connectivity index (χ2v) is 4.62. The Morgan fingerprint density at radius 3 is 3.10 bits per heavy atom. The Hall–Kier alpha value is -2.89. The zero-order chi connectivity index (χ0) is 13.7. The summed E-state index contributed by atoms with van der Waals surface area (Å²) in [6, 6.07) is 11.0. The van der Waals surface area contributed by atoms with E-state index >= 15 is 0 Å². The van der Waals surface area contributed by atoms with E-state index in [-0.39, 0.29) is 5.95 Å². The van der Waals surface area contributed by atoms with E-state index in [9.17, 15) is 0 Å². The summed E-state index contributed by atoms with van der Waals surface area (Å²) in [5.74, 6) is 0.272. The van der Waals surface area contributed by atoms with Crippen molar-refractivity contribution in [2.45, 2.75) is 0 Å². The van der Waals surface area contributed by atoms with Gasteiger partial charge in [0.1, 0.15) is 0 Å². The molecule has 0 amide bonds. The highest BCUT2D eigenvalue weighted by molar-refractivity contribution is 5.94. The quantitative estimate of drug-likeness (QED) is 0.567. The van der Waals surface area contributed by atoms with Crippen molar-refractivity contribution in [1.82, 2.24) is 24.4 Å². The van der Waals surface area contributed by atoms with Crippen molar-refractivity contribution in [3.8, 4) is 11.1 Å². The van der Waals surface area contributed by atoms with Gasteiger partial charge in [-0.05, 0) is 41.5 Å². The fraction of sp³-hybridized carbons (Fsp3) is 0.0714. The molecule has 0 atom stereocenters. The molecule has 0 bridgehead atoms. The van der Waals surface area contributed by atoms with E-state index in [2.05, 4.69) is 21.2 Å². The van der Waals surface area contributed by atoms with E-state index in [0.717, 1.165) is 27.7 Å². The lowest BCUT2D eigenvalue weighted by atomic mass is 10.0. The first-order valence-corrected chi connectivity index (χ1v) is 6.16. The van der Waals surface area contributed by atoms with Gasteiger partial charge in [-0.1, -0.05) is 0 Å². The molecule has 4 rings (SSSR count). The summed E-state index contributed by atoms with van der Waals surface area (Å²) in [4.78, 5) is 4.18. The van der Waals surface area contributed by atoms with Crippen LogP contribution in [0.3, 0.4) is 0 Å². The number of rotatable bonds is 1. The van der Waals surface area contributed by atoms with E-state index in [0.29, 0.717) is 0 Å². The standard InChI is InChI=1S/C14H11N6/c1-19-12-4-2-3-10(11(12)8-16-19)9-5-6-20-13(7-9)17-14(15)18-20/h3-8H,1H3,(H2,15,18). The monoisotopic (exact) mass is 263 g/mol. The highest BCUT2D eigenvalue weighted by Gasteiger charge is 2.09. The van der Waals surface area contributed by atoms with E-state index in [4.69, 9.17) is 5.73 Å². The Bertz CT molecular complexity index is 933. The smallest absolute Gasteiger partial charge is 0.240 e. The molecule has 0 unspecified atom stereocenters. The molecule has 4 aromatic rings. The number of pyridine rings is 1. The van der Waals surface area contributed by atoms with Gasteiger partial charge in [0.15, 0.2) is 5.65 Å². The number of fused-ring (bicyclic) bond motifs is 2. The average Bonchev–Trinajstić information content (AvgIpc) is 3.00. The number of aryl methyl sites for hydroxylation is 1. The summed E-state index contributed by atoms with van der Waals surface area (Å²) < 4.78 is 3.49. The fourth-order valence-electron chi connectivity index (χ4n) is 2.41. The summed E-state index contributed by atoms with van der Waals surface area (Å²) in [5.41, 5.74) is 9.49.